The summed E-state index contributed by atoms with van der Waals surface area (Å²) >= 11 is 0. The molecule has 2 nitrogen and oxygen atoms in total. The molecule has 1 aliphatic heterocycles. The SMILES string of the molecule is Cl.Fc1cccc(F)c1CC1=NCCN1. The number of nitrogens with one attached hydrogen (secondary N) is 1. The number of aliphatic imine (C=N–C) groups is 1. The molecule has 0 amide bonds. The first kappa shape index (κ1) is 11.9. The molecule has 15 heavy (non-hydrogen) atoms. The third-order valence-electron chi connectivity index (χ3n) is 2.15. The van der Waals surface area contributed by atoms with Crippen LogP contribution in [0.3, 0.4) is 0 Å². The molecule has 0 saturated carbocycles. The van der Waals surface area contributed by atoms with E-state index in [1.807, 2.05) is 0 Å². The molecule has 0 atom stereocenters. The Kier molecular flexibility index (Phi) is 4.03. The maximum absolute atomic E-state index is 13.2. The van der Waals surface area contributed by atoms with E-state index in [2.05, 4.69) is 10.3 Å². The lowest BCUT2D eigenvalue weighted by atomic mass is 10.1. The van der Waals surface area contributed by atoms with Crippen LogP contribution in [0.4, 0.5) is 8.78 Å². The van der Waals surface area contributed by atoms with E-state index < -0.39 is 11.6 Å². The van der Waals surface area contributed by atoms with Gasteiger partial charge in [0.25, 0.3) is 0 Å². The van der Waals surface area contributed by atoms with Gasteiger partial charge in [0.1, 0.15) is 17.5 Å². The van der Waals surface area contributed by atoms with E-state index in [4.69, 9.17) is 0 Å². The van der Waals surface area contributed by atoms with E-state index in [1.54, 1.807) is 0 Å². The quantitative estimate of drug-likeness (QED) is 0.828. The molecule has 0 aromatic heterocycles. The minimum atomic E-state index is -0.513. The molecule has 82 valence electrons. The van der Waals surface area contributed by atoms with Gasteiger partial charge >= 0.3 is 0 Å². The highest BCUT2D eigenvalue weighted by molar-refractivity contribution is 5.86. The maximum Gasteiger partial charge on any atom is 0.129 e. The first-order valence-corrected chi connectivity index (χ1v) is 4.47. The topological polar surface area (TPSA) is 24.4 Å². The van der Waals surface area contributed by atoms with Gasteiger partial charge in [0.15, 0.2) is 0 Å². The number of rotatable bonds is 2. The number of benzene rings is 1. The normalized spacial score (nSPS) is 14.1. The summed E-state index contributed by atoms with van der Waals surface area (Å²) < 4.78 is 26.4. The van der Waals surface area contributed by atoms with Gasteiger partial charge in [-0.15, -0.1) is 12.4 Å². The van der Waals surface area contributed by atoms with Gasteiger partial charge in [-0.3, -0.25) is 4.99 Å². The van der Waals surface area contributed by atoms with E-state index in [1.165, 1.54) is 18.2 Å². The fourth-order valence-electron chi connectivity index (χ4n) is 1.43. The standard InChI is InChI=1S/C10H10F2N2.ClH/c11-8-2-1-3-9(12)7(8)6-10-13-4-5-14-10;/h1-3H,4-6H2,(H,13,14);1H. The molecular weight excluding hydrogens is 222 g/mol. The molecule has 0 spiro atoms. The van der Waals surface area contributed by atoms with E-state index in [9.17, 15) is 8.78 Å². The second-order valence-electron chi connectivity index (χ2n) is 3.13. The van der Waals surface area contributed by atoms with E-state index >= 15 is 0 Å². The third-order valence-corrected chi connectivity index (χ3v) is 2.15. The molecule has 1 aliphatic rings. The van der Waals surface area contributed by atoms with Crippen LogP contribution in [0, 0.1) is 11.6 Å². The van der Waals surface area contributed by atoms with Crippen LogP contribution in [0.1, 0.15) is 5.56 Å². The van der Waals surface area contributed by atoms with Gasteiger partial charge < -0.3 is 5.32 Å². The Balaban J connectivity index is 0.00000112. The molecule has 1 N–H and O–H groups in total. The van der Waals surface area contributed by atoms with E-state index in [-0.39, 0.29) is 24.4 Å². The summed E-state index contributed by atoms with van der Waals surface area (Å²) in [5, 5.41) is 2.98. The van der Waals surface area contributed by atoms with E-state index in [0.29, 0.717) is 12.4 Å². The van der Waals surface area contributed by atoms with Crippen molar-refractivity contribution in [3.63, 3.8) is 0 Å². The van der Waals surface area contributed by atoms with Crippen molar-refractivity contribution < 1.29 is 8.78 Å². The summed E-state index contributed by atoms with van der Waals surface area (Å²) in [6, 6.07) is 3.87. The summed E-state index contributed by atoms with van der Waals surface area (Å²) in [6.07, 6.45) is 0.207. The van der Waals surface area contributed by atoms with Crippen molar-refractivity contribution >= 4 is 18.2 Å². The molecule has 0 saturated heterocycles. The van der Waals surface area contributed by atoms with Crippen LogP contribution >= 0.6 is 12.4 Å². The molecule has 5 heteroatoms. The predicted octanol–water partition coefficient (Wildman–Crippen LogP) is 1.93. The molecular formula is C10H11ClF2N2. The number of halogens is 3. The second kappa shape index (κ2) is 5.07. The van der Waals surface area contributed by atoms with Gasteiger partial charge in [0.05, 0.1) is 6.54 Å². The van der Waals surface area contributed by atoms with Crippen molar-refractivity contribution in [3.05, 3.63) is 35.4 Å². The van der Waals surface area contributed by atoms with Gasteiger partial charge in [-0.25, -0.2) is 8.78 Å². The highest BCUT2D eigenvalue weighted by Crippen LogP contribution is 2.13. The van der Waals surface area contributed by atoms with Gasteiger partial charge in [-0.05, 0) is 12.1 Å². The lowest BCUT2D eigenvalue weighted by Gasteiger charge is -2.04. The van der Waals surface area contributed by atoms with Crippen molar-refractivity contribution in [2.24, 2.45) is 4.99 Å². The van der Waals surface area contributed by atoms with Crippen molar-refractivity contribution in [2.45, 2.75) is 6.42 Å². The van der Waals surface area contributed by atoms with Crippen LogP contribution in [0.5, 0.6) is 0 Å². The Hall–Kier alpha value is -1.16. The Morgan fingerprint density at radius 3 is 2.47 bits per heavy atom. The predicted molar refractivity (Wildman–Crippen MR) is 57.6 cm³/mol. The largest absolute Gasteiger partial charge is 0.372 e. The monoisotopic (exact) mass is 232 g/mol. The van der Waals surface area contributed by atoms with Crippen molar-refractivity contribution in [1.82, 2.24) is 5.32 Å². The summed E-state index contributed by atoms with van der Waals surface area (Å²) in [6.45, 7) is 1.44. The summed E-state index contributed by atoms with van der Waals surface area (Å²) in [7, 11) is 0. The fourth-order valence-corrected chi connectivity index (χ4v) is 1.43. The van der Waals surface area contributed by atoms with Crippen LogP contribution in [0.2, 0.25) is 0 Å². The van der Waals surface area contributed by atoms with Gasteiger partial charge in [0.2, 0.25) is 0 Å². The summed E-state index contributed by atoms with van der Waals surface area (Å²) in [5.74, 6) is -0.364. The Morgan fingerprint density at radius 2 is 1.93 bits per heavy atom. The molecule has 1 aromatic carbocycles. The number of amidine groups is 1. The fraction of sp³-hybridized carbons (Fsp3) is 0.300. The van der Waals surface area contributed by atoms with Crippen molar-refractivity contribution in [2.75, 3.05) is 13.1 Å². The first-order valence-electron chi connectivity index (χ1n) is 4.47. The van der Waals surface area contributed by atoms with Crippen LogP contribution in [-0.4, -0.2) is 18.9 Å². The smallest absolute Gasteiger partial charge is 0.129 e. The third kappa shape index (κ3) is 2.65. The average molecular weight is 233 g/mol. The zero-order valence-corrected chi connectivity index (χ0v) is 8.78. The van der Waals surface area contributed by atoms with Gasteiger partial charge in [-0.1, -0.05) is 6.07 Å². The average Bonchev–Trinajstić information content (AvgIpc) is 2.64. The summed E-state index contributed by atoms with van der Waals surface area (Å²) in [4.78, 5) is 4.09. The minimum absolute atomic E-state index is 0. The molecule has 0 unspecified atom stereocenters. The highest BCUT2D eigenvalue weighted by atomic mass is 35.5. The second-order valence-corrected chi connectivity index (χ2v) is 3.13. The lowest BCUT2D eigenvalue weighted by Crippen LogP contribution is -2.21. The molecule has 1 heterocycles. The molecule has 0 fully saturated rings. The van der Waals surface area contributed by atoms with Crippen molar-refractivity contribution in [3.8, 4) is 0 Å². The van der Waals surface area contributed by atoms with Crippen molar-refractivity contribution in [1.29, 1.82) is 0 Å². The van der Waals surface area contributed by atoms with Gasteiger partial charge in [-0.2, -0.15) is 0 Å². The minimum Gasteiger partial charge on any atom is -0.372 e. The molecule has 2 rings (SSSR count). The van der Waals surface area contributed by atoms with Crippen LogP contribution in [0.15, 0.2) is 23.2 Å². The number of nitrogens with zero attached hydrogens (tertiary/aromatic N) is 1. The molecule has 0 radical (unpaired) electrons. The number of hydrogen-bond donors (Lipinski definition) is 1. The molecule has 0 bridgehead atoms. The van der Waals surface area contributed by atoms with Crippen LogP contribution in [0.25, 0.3) is 0 Å². The number of hydrogen-bond acceptors (Lipinski definition) is 2. The van der Waals surface area contributed by atoms with Crippen LogP contribution < -0.4 is 5.32 Å². The zero-order chi connectivity index (χ0) is 9.97. The summed E-state index contributed by atoms with van der Waals surface area (Å²) in [5.41, 5.74) is 0.0839. The van der Waals surface area contributed by atoms with E-state index in [0.717, 1.165) is 6.54 Å². The maximum atomic E-state index is 13.2. The molecule has 1 aromatic rings. The highest BCUT2D eigenvalue weighted by Gasteiger charge is 2.13. The lowest BCUT2D eigenvalue weighted by molar-refractivity contribution is 0.564. The Bertz CT molecular complexity index is 359. The van der Waals surface area contributed by atoms with Crippen LogP contribution in [-0.2, 0) is 6.42 Å². The Morgan fingerprint density at radius 1 is 1.27 bits per heavy atom. The van der Waals surface area contributed by atoms with Gasteiger partial charge in [0, 0.05) is 18.5 Å². The molecule has 0 aliphatic carbocycles. The first-order chi connectivity index (χ1) is 6.77. The Labute approximate surface area is 92.8 Å². The zero-order valence-electron chi connectivity index (χ0n) is 7.96.